The van der Waals surface area contributed by atoms with Crippen LogP contribution in [-0.4, -0.2) is 46.9 Å². The number of nitrogen functional groups attached to an aromatic ring is 1. The fraction of sp³-hybridized carbons (Fsp3) is 0.138. The number of carbonyl (C=O) groups is 1. The van der Waals surface area contributed by atoms with Crippen LogP contribution < -0.4 is 11.1 Å². The van der Waals surface area contributed by atoms with Gasteiger partial charge in [-0.2, -0.15) is 5.10 Å². The molecule has 39 heavy (non-hydrogen) atoms. The van der Waals surface area contributed by atoms with Gasteiger partial charge in [-0.15, -0.1) is 5.10 Å². The van der Waals surface area contributed by atoms with Gasteiger partial charge >= 0.3 is 0 Å². The molecule has 3 N–H and O–H groups in total. The average Bonchev–Trinajstić information content (AvgIpc) is 3.66. The van der Waals surface area contributed by atoms with E-state index < -0.39 is 0 Å². The van der Waals surface area contributed by atoms with Gasteiger partial charge in [-0.25, -0.2) is 14.5 Å². The molecule has 0 saturated heterocycles. The molecule has 1 amide bonds. The fourth-order valence-electron chi connectivity index (χ4n) is 4.23. The SMILES string of the molecule is CCc1nc2cccc(C#Cc3ccn(C)n3)c2n1-c1ccccc1.CNC(=O)c1c(N)nn2cccnc12. The van der Waals surface area contributed by atoms with Gasteiger partial charge in [0.2, 0.25) is 0 Å². The molecule has 0 unspecified atom stereocenters. The second-order valence-corrected chi connectivity index (χ2v) is 8.58. The third-order valence-corrected chi connectivity index (χ3v) is 5.99. The number of nitrogens with two attached hydrogens (primary N) is 1. The lowest BCUT2D eigenvalue weighted by molar-refractivity contribution is 0.0965. The summed E-state index contributed by atoms with van der Waals surface area (Å²) in [7, 11) is 3.43. The molecule has 0 fully saturated rings. The molecule has 0 aliphatic rings. The van der Waals surface area contributed by atoms with Crippen LogP contribution in [0.4, 0.5) is 5.82 Å². The number of hydrogen-bond donors (Lipinski definition) is 2. The first-order chi connectivity index (χ1) is 19.0. The summed E-state index contributed by atoms with van der Waals surface area (Å²) in [5, 5.41) is 10.8. The standard InChI is InChI=1S/C21H18N4.C8H9N5O/c1-3-20-22-19-11-7-8-16(12-13-17-14-15-24(2)23-17)21(19)25(20)18-9-5-4-6-10-18;1-10-8(14)5-6(9)12-13-4-2-3-11-7(5)13/h4-11,14-15H,3H2,1-2H3;2-4H,1H3,(H2,9,12)(H,10,14). The van der Waals surface area contributed by atoms with Crippen molar-refractivity contribution >= 4 is 28.4 Å². The molecular weight excluding hydrogens is 490 g/mol. The Kier molecular flexibility index (Phi) is 7.05. The van der Waals surface area contributed by atoms with Gasteiger partial charge in [0.15, 0.2) is 11.5 Å². The number of anilines is 1. The predicted octanol–water partition coefficient (Wildman–Crippen LogP) is 3.39. The highest BCUT2D eigenvalue weighted by atomic mass is 16.1. The zero-order chi connectivity index (χ0) is 27.4. The van der Waals surface area contributed by atoms with Gasteiger partial charge in [0.1, 0.15) is 17.1 Å². The molecule has 10 nitrogen and oxygen atoms in total. The van der Waals surface area contributed by atoms with Gasteiger partial charge in [-0.05, 0) is 42.3 Å². The normalized spacial score (nSPS) is 10.5. The first kappa shape index (κ1) is 25.2. The van der Waals surface area contributed by atoms with Crippen LogP contribution >= 0.6 is 0 Å². The molecule has 194 valence electrons. The van der Waals surface area contributed by atoms with Crippen LogP contribution in [0, 0.1) is 11.8 Å². The van der Waals surface area contributed by atoms with Crippen molar-refractivity contribution in [1.29, 1.82) is 0 Å². The molecule has 0 atom stereocenters. The minimum Gasteiger partial charge on any atom is -0.381 e. The largest absolute Gasteiger partial charge is 0.381 e. The van der Waals surface area contributed by atoms with Gasteiger partial charge in [0, 0.05) is 44.8 Å². The summed E-state index contributed by atoms with van der Waals surface area (Å²) in [5.41, 5.74) is 11.2. The van der Waals surface area contributed by atoms with Gasteiger partial charge in [0.25, 0.3) is 5.91 Å². The van der Waals surface area contributed by atoms with Crippen molar-refractivity contribution in [2.24, 2.45) is 7.05 Å². The van der Waals surface area contributed by atoms with Gasteiger partial charge < -0.3 is 11.1 Å². The van der Waals surface area contributed by atoms with Gasteiger partial charge in [-0.1, -0.05) is 37.1 Å². The maximum atomic E-state index is 11.4. The summed E-state index contributed by atoms with van der Waals surface area (Å²) in [4.78, 5) is 20.3. The molecule has 0 radical (unpaired) electrons. The molecule has 6 aromatic rings. The minimum atomic E-state index is -0.281. The predicted molar refractivity (Wildman–Crippen MR) is 150 cm³/mol. The third kappa shape index (κ3) is 5.06. The Balaban J connectivity index is 0.000000186. The van der Waals surface area contributed by atoms with E-state index in [1.807, 2.05) is 55.7 Å². The molecule has 0 aliphatic carbocycles. The number of carbonyl (C=O) groups excluding carboxylic acids is 1. The summed E-state index contributed by atoms with van der Waals surface area (Å²) in [6, 6.07) is 20.0. The van der Waals surface area contributed by atoms with Crippen LogP contribution in [0.3, 0.4) is 0 Å². The number of benzene rings is 2. The van der Waals surface area contributed by atoms with Crippen LogP contribution in [-0.2, 0) is 13.5 Å². The van der Waals surface area contributed by atoms with Crippen LogP contribution in [0.1, 0.15) is 34.4 Å². The van der Waals surface area contributed by atoms with Crippen molar-refractivity contribution < 1.29 is 4.79 Å². The molecular formula is C29H27N9O. The van der Waals surface area contributed by atoms with E-state index in [2.05, 4.69) is 56.0 Å². The van der Waals surface area contributed by atoms with Crippen LogP contribution in [0.5, 0.6) is 0 Å². The van der Waals surface area contributed by atoms with Crippen molar-refractivity contribution in [2.45, 2.75) is 13.3 Å². The molecule has 0 bridgehead atoms. The fourth-order valence-corrected chi connectivity index (χ4v) is 4.23. The van der Waals surface area contributed by atoms with Gasteiger partial charge in [0.05, 0.1) is 16.6 Å². The minimum absolute atomic E-state index is 0.183. The summed E-state index contributed by atoms with van der Waals surface area (Å²) in [6.07, 6.45) is 6.03. The smallest absolute Gasteiger partial charge is 0.258 e. The zero-order valence-electron chi connectivity index (χ0n) is 21.8. The first-order valence-electron chi connectivity index (χ1n) is 12.4. The highest BCUT2D eigenvalue weighted by molar-refractivity contribution is 6.03. The molecule has 0 saturated carbocycles. The number of amides is 1. The number of imidazole rings is 1. The Morgan fingerprint density at radius 2 is 1.82 bits per heavy atom. The second kappa shape index (κ2) is 10.9. The van der Waals surface area contributed by atoms with Crippen molar-refractivity contribution in [2.75, 3.05) is 12.8 Å². The molecule has 4 aromatic heterocycles. The molecule has 10 heteroatoms. The van der Waals surface area contributed by atoms with E-state index in [4.69, 9.17) is 10.7 Å². The number of nitrogens with one attached hydrogen (secondary N) is 1. The van der Waals surface area contributed by atoms with E-state index >= 15 is 0 Å². The van der Waals surface area contributed by atoms with E-state index in [9.17, 15) is 4.79 Å². The lowest BCUT2D eigenvalue weighted by atomic mass is 10.1. The maximum Gasteiger partial charge on any atom is 0.258 e. The summed E-state index contributed by atoms with van der Waals surface area (Å²) >= 11 is 0. The first-order valence-corrected chi connectivity index (χ1v) is 12.4. The maximum absolute atomic E-state index is 11.4. The third-order valence-electron chi connectivity index (χ3n) is 5.99. The molecule has 4 heterocycles. The number of hydrogen-bond acceptors (Lipinski definition) is 6. The monoisotopic (exact) mass is 517 g/mol. The quantitative estimate of drug-likeness (QED) is 0.347. The van der Waals surface area contributed by atoms with E-state index in [1.165, 1.54) is 11.6 Å². The topological polar surface area (TPSA) is 121 Å². The number of aromatic nitrogens is 7. The molecule has 0 spiro atoms. The van der Waals surface area contributed by atoms with E-state index in [1.54, 1.807) is 23.1 Å². The lowest BCUT2D eigenvalue weighted by Crippen LogP contribution is -2.19. The van der Waals surface area contributed by atoms with E-state index in [0.717, 1.165) is 40.2 Å². The Morgan fingerprint density at radius 3 is 2.54 bits per heavy atom. The average molecular weight is 518 g/mol. The lowest BCUT2D eigenvalue weighted by Gasteiger charge is -2.09. The molecule has 6 rings (SSSR count). The number of aryl methyl sites for hydroxylation is 2. The Morgan fingerprint density at radius 1 is 1.00 bits per heavy atom. The Labute approximate surface area is 225 Å². The van der Waals surface area contributed by atoms with Crippen molar-refractivity contribution in [3.63, 3.8) is 0 Å². The number of fused-ring (bicyclic) bond motifs is 2. The summed E-state index contributed by atoms with van der Waals surface area (Å²) in [5.74, 6) is 7.37. The van der Waals surface area contributed by atoms with E-state index in [-0.39, 0.29) is 11.7 Å². The van der Waals surface area contributed by atoms with Crippen molar-refractivity contribution in [1.82, 2.24) is 39.2 Å². The Bertz CT molecular complexity index is 1830. The van der Waals surface area contributed by atoms with Crippen LogP contribution in [0.25, 0.3) is 22.4 Å². The highest BCUT2D eigenvalue weighted by Gasteiger charge is 2.17. The number of para-hydroxylation sites is 2. The van der Waals surface area contributed by atoms with Crippen molar-refractivity contribution in [3.8, 4) is 17.5 Å². The van der Waals surface area contributed by atoms with Gasteiger partial charge in [-0.3, -0.25) is 14.0 Å². The van der Waals surface area contributed by atoms with E-state index in [0.29, 0.717) is 11.2 Å². The zero-order valence-corrected chi connectivity index (χ0v) is 21.8. The van der Waals surface area contributed by atoms with Crippen molar-refractivity contribution in [3.05, 3.63) is 102 Å². The summed E-state index contributed by atoms with van der Waals surface area (Å²) < 4.78 is 5.44. The molecule has 2 aromatic carbocycles. The summed E-state index contributed by atoms with van der Waals surface area (Å²) in [6.45, 7) is 2.12. The Hall–Kier alpha value is -5.43. The number of rotatable bonds is 3. The number of nitrogens with zero attached hydrogens (tertiary/aromatic N) is 7. The van der Waals surface area contributed by atoms with Crippen LogP contribution in [0.15, 0.2) is 79.3 Å². The molecule has 0 aliphatic heterocycles. The second-order valence-electron chi connectivity index (χ2n) is 8.58. The highest BCUT2D eigenvalue weighted by Crippen LogP contribution is 2.25. The van der Waals surface area contributed by atoms with Crippen LogP contribution in [0.2, 0.25) is 0 Å².